The van der Waals surface area contributed by atoms with E-state index in [2.05, 4.69) is 15.0 Å². The van der Waals surface area contributed by atoms with E-state index in [4.69, 9.17) is 14.6 Å². The van der Waals surface area contributed by atoms with Crippen LogP contribution in [0.15, 0.2) is 34.4 Å². The van der Waals surface area contributed by atoms with Crippen LogP contribution in [0.5, 0.6) is 11.8 Å². The second-order valence-electron chi connectivity index (χ2n) is 3.52. The molecule has 2 aromatic heterocycles. The molecule has 0 saturated carbocycles. The average molecular weight is 293 g/mol. The molecule has 0 unspecified atom stereocenters. The number of nitrogens with zero attached hydrogens (tertiary/aromatic N) is 3. The van der Waals surface area contributed by atoms with Crippen molar-refractivity contribution in [1.82, 2.24) is 15.0 Å². The minimum Gasteiger partial charge on any atom is -0.481 e. The molecule has 0 bridgehead atoms. The first-order valence-electron chi connectivity index (χ1n) is 5.46. The molecular formula is C12H11N3O4S. The highest BCUT2D eigenvalue weighted by Gasteiger charge is 2.10. The van der Waals surface area contributed by atoms with Gasteiger partial charge in [-0.1, -0.05) is 0 Å². The lowest BCUT2D eigenvalue weighted by Crippen LogP contribution is -2.00. The monoisotopic (exact) mass is 293 g/mol. The number of hydrogen-bond acceptors (Lipinski definition) is 7. The van der Waals surface area contributed by atoms with Gasteiger partial charge in [0, 0.05) is 11.1 Å². The lowest BCUT2D eigenvalue weighted by atomic mass is 10.4. The van der Waals surface area contributed by atoms with E-state index in [0.29, 0.717) is 21.8 Å². The van der Waals surface area contributed by atoms with Crippen LogP contribution in [0.25, 0.3) is 0 Å². The number of aromatic carboxylic acids is 1. The van der Waals surface area contributed by atoms with Crippen LogP contribution in [0.3, 0.4) is 0 Å². The summed E-state index contributed by atoms with van der Waals surface area (Å²) in [7, 11) is 2.98. The van der Waals surface area contributed by atoms with Gasteiger partial charge >= 0.3 is 5.97 Å². The molecule has 0 atom stereocenters. The van der Waals surface area contributed by atoms with Gasteiger partial charge in [-0.25, -0.2) is 9.78 Å². The van der Waals surface area contributed by atoms with Gasteiger partial charge in [-0.05, 0) is 23.9 Å². The van der Waals surface area contributed by atoms with Crippen molar-refractivity contribution < 1.29 is 19.4 Å². The van der Waals surface area contributed by atoms with E-state index in [1.807, 2.05) is 0 Å². The fraction of sp³-hybridized carbons (Fsp3) is 0.167. The van der Waals surface area contributed by atoms with Crippen molar-refractivity contribution in [2.75, 3.05) is 14.2 Å². The summed E-state index contributed by atoms with van der Waals surface area (Å²) in [6, 6.07) is 4.67. The third-order valence-corrected chi connectivity index (χ3v) is 3.09. The summed E-state index contributed by atoms with van der Waals surface area (Å²) >= 11 is 1.19. The van der Waals surface area contributed by atoms with Gasteiger partial charge < -0.3 is 14.6 Å². The van der Waals surface area contributed by atoms with Gasteiger partial charge in [0.15, 0.2) is 5.16 Å². The number of carboxylic acid groups (broad SMARTS) is 1. The maximum absolute atomic E-state index is 10.9. The van der Waals surface area contributed by atoms with Crippen molar-refractivity contribution in [3.05, 3.63) is 30.1 Å². The average Bonchev–Trinajstić information content (AvgIpc) is 2.47. The van der Waals surface area contributed by atoms with Crippen LogP contribution in [0, 0.1) is 0 Å². The molecule has 0 aliphatic carbocycles. The Morgan fingerprint density at radius 3 is 2.40 bits per heavy atom. The van der Waals surface area contributed by atoms with Crippen LogP contribution in [-0.4, -0.2) is 40.2 Å². The molecule has 104 valence electrons. The molecule has 1 N–H and O–H groups in total. The molecular weight excluding hydrogens is 282 g/mol. The predicted octanol–water partition coefficient (Wildman–Crippen LogP) is 1.74. The molecule has 2 aromatic rings. The van der Waals surface area contributed by atoms with Crippen LogP contribution in [-0.2, 0) is 0 Å². The van der Waals surface area contributed by atoms with E-state index >= 15 is 0 Å². The number of ether oxygens (including phenoxy) is 2. The number of pyridine rings is 1. The molecule has 0 radical (unpaired) electrons. The SMILES string of the molecule is COc1cc(OC)nc(Sc2ccnc(C(=O)O)c2)n1. The van der Waals surface area contributed by atoms with Crippen LogP contribution in [0.4, 0.5) is 0 Å². The zero-order valence-electron chi connectivity index (χ0n) is 10.7. The van der Waals surface area contributed by atoms with Crippen molar-refractivity contribution in [3.63, 3.8) is 0 Å². The first kappa shape index (κ1) is 14.1. The Labute approximate surface area is 119 Å². The fourth-order valence-corrected chi connectivity index (χ4v) is 2.12. The standard InChI is InChI=1S/C12H11N3O4S/c1-18-9-6-10(19-2)15-12(14-9)20-7-3-4-13-8(5-7)11(16)17/h3-6H,1-2H3,(H,16,17). The lowest BCUT2D eigenvalue weighted by Gasteiger charge is -2.06. The molecule has 0 amide bonds. The van der Waals surface area contributed by atoms with E-state index < -0.39 is 5.97 Å². The number of aromatic nitrogens is 3. The number of carboxylic acids is 1. The number of carbonyl (C=O) groups is 1. The van der Waals surface area contributed by atoms with Crippen molar-refractivity contribution in [1.29, 1.82) is 0 Å². The highest BCUT2D eigenvalue weighted by molar-refractivity contribution is 7.99. The Morgan fingerprint density at radius 2 is 1.85 bits per heavy atom. The van der Waals surface area contributed by atoms with Gasteiger partial charge in [-0.2, -0.15) is 9.97 Å². The van der Waals surface area contributed by atoms with Gasteiger partial charge in [0.2, 0.25) is 11.8 Å². The molecule has 8 heteroatoms. The molecule has 7 nitrogen and oxygen atoms in total. The molecule has 2 heterocycles. The second kappa shape index (κ2) is 6.20. The van der Waals surface area contributed by atoms with Gasteiger partial charge in [0.25, 0.3) is 0 Å². The van der Waals surface area contributed by atoms with Crippen LogP contribution >= 0.6 is 11.8 Å². The Kier molecular flexibility index (Phi) is 4.36. The Morgan fingerprint density at radius 1 is 1.20 bits per heavy atom. The van der Waals surface area contributed by atoms with Crippen LogP contribution < -0.4 is 9.47 Å². The number of methoxy groups -OCH3 is 2. The molecule has 0 fully saturated rings. The van der Waals surface area contributed by atoms with E-state index in [0.717, 1.165) is 0 Å². The summed E-state index contributed by atoms with van der Waals surface area (Å²) in [4.78, 5) is 23.6. The van der Waals surface area contributed by atoms with Crippen LogP contribution in [0.1, 0.15) is 10.5 Å². The number of rotatable bonds is 5. The molecule has 0 spiro atoms. The minimum absolute atomic E-state index is 0.0372. The molecule has 20 heavy (non-hydrogen) atoms. The quantitative estimate of drug-likeness (QED) is 0.833. The number of hydrogen-bond donors (Lipinski definition) is 1. The van der Waals surface area contributed by atoms with Crippen molar-refractivity contribution >= 4 is 17.7 Å². The maximum Gasteiger partial charge on any atom is 0.354 e. The zero-order valence-corrected chi connectivity index (χ0v) is 11.5. The summed E-state index contributed by atoms with van der Waals surface area (Å²) in [6.45, 7) is 0. The highest BCUT2D eigenvalue weighted by atomic mass is 32.2. The van der Waals surface area contributed by atoms with Gasteiger partial charge in [0.1, 0.15) is 5.69 Å². The third-order valence-electron chi connectivity index (χ3n) is 2.24. The highest BCUT2D eigenvalue weighted by Crippen LogP contribution is 2.28. The first-order valence-corrected chi connectivity index (χ1v) is 6.28. The Balaban J connectivity index is 2.29. The molecule has 2 rings (SSSR count). The first-order chi connectivity index (χ1) is 9.62. The van der Waals surface area contributed by atoms with Crippen molar-refractivity contribution in [2.24, 2.45) is 0 Å². The van der Waals surface area contributed by atoms with E-state index in [1.54, 1.807) is 12.1 Å². The van der Waals surface area contributed by atoms with Crippen molar-refractivity contribution in [2.45, 2.75) is 10.1 Å². The summed E-state index contributed by atoms with van der Waals surface area (Å²) in [5, 5.41) is 9.29. The smallest absolute Gasteiger partial charge is 0.354 e. The third kappa shape index (κ3) is 3.35. The summed E-state index contributed by atoms with van der Waals surface area (Å²) in [5.74, 6) is -0.352. The summed E-state index contributed by atoms with van der Waals surface area (Å²) in [5.41, 5.74) is -0.0372. The minimum atomic E-state index is -1.09. The van der Waals surface area contributed by atoms with Gasteiger partial charge in [-0.3, -0.25) is 0 Å². The molecule has 0 aliphatic rings. The zero-order chi connectivity index (χ0) is 14.5. The van der Waals surface area contributed by atoms with E-state index in [1.165, 1.54) is 38.2 Å². The topological polar surface area (TPSA) is 94.4 Å². The summed E-state index contributed by atoms with van der Waals surface area (Å²) < 4.78 is 10.1. The van der Waals surface area contributed by atoms with Crippen LogP contribution in [0.2, 0.25) is 0 Å². The maximum atomic E-state index is 10.9. The van der Waals surface area contributed by atoms with Gasteiger partial charge in [-0.15, -0.1) is 0 Å². The Bertz CT molecular complexity index is 614. The Hall–Kier alpha value is -2.35. The lowest BCUT2D eigenvalue weighted by molar-refractivity contribution is 0.0690. The predicted molar refractivity (Wildman–Crippen MR) is 70.5 cm³/mol. The largest absolute Gasteiger partial charge is 0.481 e. The fourth-order valence-electron chi connectivity index (χ4n) is 1.34. The second-order valence-corrected chi connectivity index (χ2v) is 4.56. The normalized spacial score (nSPS) is 10.1. The van der Waals surface area contributed by atoms with Crippen molar-refractivity contribution in [3.8, 4) is 11.8 Å². The molecule has 0 aromatic carbocycles. The molecule has 0 saturated heterocycles. The molecule has 0 aliphatic heterocycles. The van der Waals surface area contributed by atoms with E-state index in [9.17, 15) is 4.79 Å². The summed E-state index contributed by atoms with van der Waals surface area (Å²) in [6.07, 6.45) is 1.42. The van der Waals surface area contributed by atoms with E-state index in [-0.39, 0.29) is 5.69 Å². The van der Waals surface area contributed by atoms with Gasteiger partial charge in [0.05, 0.1) is 20.3 Å².